The topological polar surface area (TPSA) is 46.6 Å². The number of amides is 1. The van der Waals surface area contributed by atoms with Crippen molar-refractivity contribution in [2.75, 3.05) is 19.7 Å². The van der Waals surface area contributed by atoms with Crippen LogP contribution in [-0.2, 0) is 14.3 Å². The van der Waals surface area contributed by atoms with Gasteiger partial charge in [0.05, 0.1) is 6.61 Å². The molecule has 0 bridgehead atoms. The maximum atomic E-state index is 11.0. The first-order chi connectivity index (χ1) is 7.13. The number of hydrogen-bond acceptors (Lipinski definition) is 3. The molecule has 0 aromatic rings. The molecule has 0 aromatic carbocycles. The minimum atomic E-state index is -0.371. The van der Waals surface area contributed by atoms with Crippen LogP contribution in [0.2, 0.25) is 0 Å². The molecule has 4 nitrogen and oxygen atoms in total. The molecule has 4 heteroatoms. The molecule has 1 rings (SSSR count). The van der Waals surface area contributed by atoms with Crippen LogP contribution in [0.5, 0.6) is 0 Å². The van der Waals surface area contributed by atoms with Crippen LogP contribution in [0.3, 0.4) is 0 Å². The smallest absolute Gasteiger partial charge is 0.330 e. The van der Waals surface area contributed by atoms with Crippen LogP contribution in [0.1, 0.15) is 19.8 Å². The molecule has 0 radical (unpaired) electrons. The van der Waals surface area contributed by atoms with Crippen molar-refractivity contribution >= 4 is 11.9 Å². The number of carbonyl (C=O) groups is 2. The second-order valence-electron chi connectivity index (χ2n) is 3.78. The Bertz CT molecular complexity index is 255. The average Bonchev–Trinajstić information content (AvgIpc) is 2.26. The first-order valence-electron chi connectivity index (χ1n) is 5.18. The van der Waals surface area contributed by atoms with Crippen LogP contribution in [0.4, 0.5) is 0 Å². The number of likely N-dealkylation sites (tertiary alicyclic amines) is 1. The van der Waals surface area contributed by atoms with Crippen molar-refractivity contribution in [3.05, 3.63) is 12.7 Å². The lowest BCUT2D eigenvalue weighted by Gasteiger charge is -2.30. The van der Waals surface area contributed by atoms with E-state index >= 15 is 0 Å². The lowest BCUT2D eigenvalue weighted by Crippen LogP contribution is -2.38. The lowest BCUT2D eigenvalue weighted by atomic mass is 9.98. The largest absolute Gasteiger partial charge is 0.462 e. The molecule has 1 saturated heterocycles. The zero-order chi connectivity index (χ0) is 11.3. The second kappa shape index (κ2) is 5.53. The summed E-state index contributed by atoms with van der Waals surface area (Å²) in [6, 6.07) is 0. The van der Waals surface area contributed by atoms with E-state index in [0.717, 1.165) is 25.9 Å². The Labute approximate surface area is 89.9 Å². The van der Waals surface area contributed by atoms with Gasteiger partial charge >= 0.3 is 5.97 Å². The Hall–Kier alpha value is -1.32. The number of ether oxygens (including phenoxy) is 1. The first kappa shape index (κ1) is 11.8. The molecule has 15 heavy (non-hydrogen) atoms. The van der Waals surface area contributed by atoms with E-state index in [1.54, 1.807) is 6.92 Å². The molecule has 0 N–H and O–H groups in total. The van der Waals surface area contributed by atoms with E-state index in [-0.39, 0.29) is 11.9 Å². The van der Waals surface area contributed by atoms with Gasteiger partial charge in [0.15, 0.2) is 0 Å². The summed E-state index contributed by atoms with van der Waals surface area (Å²) in [7, 11) is 0. The molecular weight excluding hydrogens is 194 g/mol. The van der Waals surface area contributed by atoms with Gasteiger partial charge in [-0.1, -0.05) is 6.58 Å². The van der Waals surface area contributed by atoms with Crippen LogP contribution in [-0.4, -0.2) is 36.5 Å². The Morgan fingerprint density at radius 2 is 2.07 bits per heavy atom. The van der Waals surface area contributed by atoms with Gasteiger partial charge in [0.25, 0.3) is 0 Å². The van der Waals surface area contributed by atoms with E-state index < -0.39 is 0 Å². The van der Waals surface area contributed by atoms with Crippen LogP contribution < -0.4 is 0 Å². The van der Waals surface area contributed by atoms with Gasteiger partial charge in [0, 0.05) is 26.1 Å². The highest BCUT2D eigenvalue weighted by atomic mass is 16.5. The zero-order valence-electron chi connectivity index (χ0n) is 9.07. The van der Waals surface area contributed by atoms with E-state index in [1.807, 2.05) is 4.90 Å². The van der Waals surface area contributed by atoms with Gasteiger partial charge in [-0.25, -0.2) is 4.79 Å². The quantitative estimate of drug-likeness (QED) is 0.516. The number of nitrogens with zero attached hydrogens (tertiary/aromatic N) is 1. The molecular formula is C11H17NO3. The monoisotopic (exact) mass is 211 g/mol. The van der Waals surface area contributed by atoms with E-state index in [0.29, 0.717) is 12.5 Å². The van der Waals surface area contributed by atoms with Gasteiger partial charge in [0.2, 0.25) is 5.91 Å². The molecule has 84 valence electrons. The Morgan fingerprint density at radius 3 is 2.53 bits per heavy atom. The van der Waals surface area contributed by atoms with Gasteiger partial charge in [-0.15, -0.1) is 0 Å². The van der Waals surface area contributed by atoms with Crippen molar-refractivity contribution in [2.24, 2.45) is 5.92 Å². The summed E-state index contributed by atoms with van der Waals surface area (Å²) >= 11 is 0. The molecule has 1 fully saturated rings. The van der Waals surface area contributed by atoms with Crippen LogP contribution in [0.25, 0.3) is 0 Å². The molecule has 1 heterocycles. The molecule has 0 aliphatic carbocycles. The second-order valence-corrected chi connectivity index (χ2v) is 3.78. The summed E-state index contributed by atoms with van der Waals surface area (Å²) in [5, 5.41) is 0. The van der Waals surface area contributed by atoms with Gasteiger partial charge in [0.1, 0.15) is 0 Å². The average molecular weight is 211 g/mol. The van der Waals surface area contributed by atoms with Crippen LogP contribution in [0.15, 0.2) is 12.7 Å². The number of esters is 1. The third-order valence-electron chi connectivity index (χ3n) is 2.69. The molecule has 0 atom stereocenters. The molecule has 0 spiro atoms. The van der Waals surface area contributed by atoms with E-state index in [9.17, 15) is 9.59 Å². The van der Waals surface area contributed by atoms with Gasteiger partial charge < -0.3 is 9.64 Å². The minimum Gasteiger partial charge on any atom is -0.462 e. The predicted molar refractivity (Wildman–Crippen MR) is 56.1 cm³/mol. The van der Waals surface area contributed by atoms with Crippen molar-refractivity contribution in [3.8, 4) is 0 Å². The molecule has 1 amide bonds. The fraction of sp³-hybridized carbons (Fsp3) is 0.636. The molecule has 1 aliphatic heterocycles. The van der Waals surface area contributed by atoms with Crippen molar-refractivity contribution in [1.82, 2.24) is 4.90 Å². The van der Waals surface area contributed by atoms with E-state index in [4.69, 9.17) is 4.74 Å². The zero-order valence-corrected chi connectivity index (χ0v) is 9.07. The fourth-order valence-corrected chi connectivity index (χ4v) is 1.67. The van der Waals surface area contributed by atoms with Gasteiger partial charge in [-0.05, 0) is 18.8 Å². The van der Waals surface area contributed by atoms with E-state index in [1.165, 1.54) is 6.08 Å². The van der Waals surface area contributed by atoms with Crippen molar-refractivity contribution < 1.29 is 14.3 Å². The Morgan fingerprint density at radius 1 is 1.47 bits per heavy atom. The SMILES string of the molecule is C=CC(=O)OCC1CCN(C(C)=O)CC1. The lowest BCUT2D eigenvalue weighted by molar-refractivity contribution is -0.140. The molecule has 1 aliphatic rings. The van der Waals surface area contributed by atoms with E-state index in [2.05, 4.69) is 6.58 Å². The number of carbonyl (C=O) groups excluding carboxylic acids is 2. The Balaban J connectivity index is 2.23. The summed E-state index contributed by atoms with van der Waals surface area (Å²) < 4.78 is 4.97. The van der Waals surface area contributed by atoms with Crippen molar-refractivity contribution in [3.63, 3.8) is 0 Å². The number of rotatable bonds is 3. The molecule has 0 saturated carbocycles. The predicted octanol–water partition coefficient (Wildman–Crippen LogP) is 0.974. The highest BCUT2D eigenvalue weighted by molar-refractivity contribution is 5.81. The minimum absolute atomic E-state index is 0.122. The van der Waals surface area contributed by atoms with Gasteiger partial charge in [-0.3, -0.25) is 4.79 Å². The third-order valence-corrected chi connectivity index (χ3v) is 2.69. The number of piperidine rings is 1. The van der Waals surface area contributed by atoms with Gasteiger partial charge in [-0.2, -0.15) is 0 Å². The fourth-order valence-electron chi connectivity index (χ4n) is 1.67. The molecule has 0 unspecified atom stereocenters. The summed E-state index contributed by atoms with van der Waals surface area (Å²) in [6.07, 6.45) is 2.98. The van der Waals surface area contributed by atoms with Crippen molar-refractivity contribution in [2.45, 2.75) is 19.8 Å². The summed E-state index contributed by atoms with van der Waals surface area (Å²) in [4.78, 5) is 23.7. The normalized spacial score (nSPS) is 17.3. The standard InChI is InChI=1S/C11H17NO3/c1-3-11(14)15-8-10-4-6-12(7-5-10)9(2)13/h3,10H,1,4-8H2,2H3. The highest BCUT2D eigenvalue weighted by Crippen LogP contribution is 2.17. The number of hydrogen-bond donors (Lipinski definition) is 0. The van der Waals surface area contributed by atoms with Crippen LogP contribution in [0, 0.1) is 5.92 Å². The first-order valence-corrected chi connectivity index (χ1v) is 5.18. The van der Waals surface area contributed by atoms with Crippen molar-refractivity contribution in [1.29, 1.82) is 0 Å². The summed E-state index contributed by atoms with van der Waals surface area (Å²) in [5.41, 5.74) is 0. The summed E-state index contributed by atoms with van der Waals surface area (Å²) in [5.74, 6) is 0.130. The molecule has 0 aromatic heterocycles. The maximum Gasteiger partial charge on any atom is 0.330 e. The maximum absolute atomic E-state index is 11.0. The third kappa shape index (κ3) is 3.73. The highest BCUT2D eigenvalue weighted by Gasteiger charge is 2.21. The Kier molecular flexibility index (Phi) is 4.34. The van der Waals surface area contributed by atoms with Crippen LogP contribution >= 0.6 is 0 Å². The summed E-state index contributed by atoms with van der Waals surface area (Å²) in [6.45, 7) is 6.89.